The van der Waals surface area contributed by atoms with Crippen LogP contribution >= 0.6 is 0 Å². The number of ether oxygens (including phenoxy) is 2. The fraction of sp³-hybridized carbons (Fsp3) is 0.458. The SMILES string of the molecule is C=CCOC(=O)OCC=C(C)C=CC=C(C)C=CC1=C(C)CCCC1(C)C. The average Bonchev–Trinajstić information content (AvgIpc) is 2.59. The molecule has 1 aliphatic rings. The Morgan fingerprint density at radius 1 is 1.15 bits per heavy atom. The molecule has 3 heteroatoms. The van der Waals surface area contributed by atoms with Gasteiger partial charge in [-0.2, -0.15) is 0 Å². The van der Waals surface area contributed by atoms with Gasteiger partial charge in [0, 0.05) is 0 Å². The Labute approximate surface area is 164 Å². The first kappa shape index (κ1) is 22.8. The van der Waals surface area contributed by atoms with E-state index in [4.69, 9.17) is 9.47 Å². The highest BCUT2D eigenvalue weighted by Crippen LogP contribution is 2.40. The largest absolute Gasteiger partial charge is 0.508 e. The van der Waals surface area contributed by atoms with Crippen LogP contribution in [0.2, 0.25) is 0 Å². The van der Waals surface area contributed by atoms with E-state index in [2.05, 4.69) is 52.5 Å². The topological polar surface area (TPSA) is 35.5 Å². The van der Waals surface area contributed by atoms with Gasteiger partial charge in [-0.1, -0.05) is 73.6 Å². The van der Waals surface area contributed by atoms with Gasteiger partial charge in [0.1, 0.15) is 13.2 Å². The maximum Gasteiger partial charge on any atom is 0.508 e. The molecule has 27 heavy (non-hydrogen) atoms. The minimum atomic E-state index is -0.681. The molecule has 0 saturated heterocycles. The quantitative estimate of drug-likeness (QED) is 0.266. The number of hydrogen-bond donors (Lipinski definition) is 0. The molecule has 0 aromatic rings. The van der Waals surface area contributed by atoms with E-state index in [9.17, 15) is 4.79 Å². The third kappa shape index (κ3) is 8.76. The van der Waals surface area contributed by atoms with Gasteiger partial charge in [-0.15, -0.1) is 0 Å². The zero-order valence-electron chi connectivity index (χ0n) is 17.5. The molecule has 0 heterocycles. The lowest BCUT2D eigenvalue weighted by atomic mass is 9.72. The summed E-state index contributed by atoms with van der Waals surface area (Å²) in [5, 5.41) is 0. The minimum absolute atomic E-state index is 0.159. The molecule has 0 N–H and O–H groups in total. The fourth-order valence-corrected chi connectivity index (χ4v) is 3.11. The highest BCUT2D eigenvalue weighted by atomic mass is 16.7. The van der Waals surface area contributed by atoms with Crippen LogP contribution in [0.25, 0.3) is 0 Å². The number of hydrogen-bond acceptors (Lipinski definition) is 3. The molecule has 1 aliphatic carbocycles. The summed E-state index contributed by atoms with van der Waals surface area (Å²) in [6.45, 7) is 14.8. The Bertz CT molecular complexity index is 670. The van der Waals surface area contributed by atoms with E-state index in [0.29, 0.717) is 0 Å². The smallest absolute Gasteiger partial charge is 0.430 e. The van der Waals surface area contributed by atoms with Crippen LogP contribution in [-0.2, 0) is 9.47 Å². The first-order chi connectivity index (χ1) is 12.8. The monoisotopic (exact) mass is 370 g/mol. The summed E-state index contributed by atoms with van der Waals surface area (Å²) in [7, 11) is 0. The van der Waals surface area contributed by atoms with Crippen LogP contribution in [0.5, 0.6) is 0 Å². The van der Waals surface area contributed by atoms with E-state index in [1.165, 1.54) is 42.1 Å². The summed E-state index contributed by atoms with van der Waals surface area (Å²) in [5.74, 6) is 0. The lowest BCUT2D eigenvalue weighted by Gasteiger charge is -2.32. The third-order valence-corrected chi connectivity index (χ3v) is 4.70. The first-order valence-electron chi connectivity index (χ1n) is 9.56. The molecule has 1 rings (SSSR count). The van der Waals surface area contributed by atoms with E-state index < -0.39 is 6.16 Å². The van der Waals surface area contributed by atoms with Gasteiger partial charge in [0.15, 0.2) is 0 Å². The molecular formula is C24H34O3. The fourth-order valence-electron chi connectivity index (χ4n) is 3.11. The predicted molar refractivity (Wildman–Crippen MR) is 114 cm³/mol. The molecule has 0 atom stereocenters. The lowest BCUT2D eigenvalue weighted by Crippen LogP contribution is -2.19. The van der Waals surface area contributed by atoms with Crippen molar-refractivity contribution in [3.8, 4) is 0 Å². The Kier molecular flexibility index (Phi) is 9.63. The second-order valence-corrected chi connectivity index (χ2v) is 7.64. The van der Waals surface area contributed by atoms with Crippen LogP contribution in [0.4, 0.5) is 4.79 Å². The summed E-state index contributed by atoms with van der Waals surface area (Å²) in [5.41, 5.74) is 5.47. The number of carbonyl (C=O) groups excluding carboxylic acids is 1. The molecule has 0 amide bonds. The molecule has 148 valence electrons. The highest BCUT2D eigenvalue weighted by Gasteiger charge is 2.26. The summed E-state index contributed by atoms with van der Waals surface area (Å²) >= 11 is 0. The van der Waals surface area contributed by atoms with Crippen molar-refractivity contribution in [3.63, 3.8) is 0 Å². The molecule has 0 bridgehead atoms. The Morgan fingerprint density at radius 2 is 1.85 bits per heavy atom. The van der Waals surface area contributed by atoms with Crippen molar-refractivity contribution in [1.29, 1.82) is 0 Å². The average molecular weight is 371 g/mol. The summed E-state index contributed by atoms with van der Waals surface area (Å²) in [4.78, 5) is 11.2. The molecular weight excluding hydrogens is 336 g/mol. The van der Waals surface area contributed by atoms with E-state index in [-0.39, 0.29) is 18.6 Å². The Hall–Kier alpha value is -2.29. The maximum atomic E-state index is 11.2. The lowest BCUT2D eigenvalue weighted by molar-refractivity contribution is 0.0717. The molecule has 0 radical (unpaired) electrons. The van der Waals surface area contributed by atoms with Gasteiger partial charge in [-0.05, 0) is 57.1 Å². The van der Waals surface area contributed by atoms with Crippen LogP contribution < -0.4 is 0 Å². The molecule has 0 aromatic heterocycles. The van der Waals surface area contributed by atoms with Crippen LogP contribution in [0.15, 0.2) is 71.4 Å². The second-order valence-electron chi connectivity index (χ2n) is 7.64. The van der Waals surface area contributed by atoms with Crippen molar-refractivity contribution < 1.29 is 14.3 Å². The maximum absolute atomic E-state index is 11.2. The van der Waals surface area contributed by atoms with E-state index >= 15 is 0 Å². The van der Waals surface area contributed by atoms with Gasteiger partial charge < -0.3 is 9.47 Å². The van der Waals surface area contributed by atoms with Crippen LogP contribution in [-0.4, -0.2) is 19.4 Å². The molecule has 0 spiro atoms. The van der Waals surface area contributed by atoms with Crippen molar-refractivity contribution in [2.24, 2.45) is 5.41 Å². The second kappa shape index (κ2) is 11.4. The van der Waals surface area contributed by atoms with Crippen molar-refractivity contribution >= 4 is 6.16 Å². The summed E-state index contributed by atoms with van der Waals surface area (Å²) in [6.07, 6.45) is 16.9. The number of carbonyl (C=O) groups is 1. The van der Waals surface area contributed by atoms with Crippen molar-refractivity contribution in [3.05, 3.63) is 71.4 Å². The van der Waals surface area contributed by atoms with E-state index in [0.717, 1.165) is 5.57 Å². The Balaban J connectivity index is 2.56. The summed E-state index contributed by atoms with van der Waals surface area (Å²) < 4.78 is 9.66. The standard InChI is InChI=1S/C24H34O3/c1-7-17-26-23(25)27-18-15-20(3)11-8-10-19(2)13-14-22-21(4)12-9-16-24(22,5)6/h7-8,10-11,13-15H,1,9,12,16-18H2,2-6H3. The van der Waals surface area contributed by atoms with Crippen molar-refractivity contribution in [2.45, 2.75) is 53.9 Å². The van der Waals surface area contributed by atoms with Crippen LogP contribution in [0.3, 0.4) is 0 Å². The van der Waals surface area contributed by atoms with E-state index in [1.807, 2.05) is 25.2 Å². The Morgan fingerprint density at radius 3 is 2.52 bits per heavy atom. The highest BCUT2D eigenvalue weighted by molar-refractivity contribution is 5.60. The van der Waals surface area contributed by atoms with Crippen molar-refractivity contribution in [2.75, 3.05) is 13.2 Å². The molecule has 0 saturated carbocycles. The van der Waals surface area contributed by atoms with Gasteiger partial charge in [-0.3, -0.25) is 0 Å². The predicted octanol–water partition coefficient (Wildman–Crippen LogP) is 6.86. The number of allylic oxidation sites excluding steroid dienone is 9. The van der Waals surface area contributed by atoms with Gasteiger partial charge in [0.05, 0.1) is 0 Å². The number of rotatable bonds is 8. The molecule has 0 aromatic carbocycles. The molecule has 0 unspecified atom stereocenters. The van der Waals surface area contributed by atoms with Crippen LogP contribution in [0, 0.1) is 5.41 Å². The molecule has 0 fully saturated rings. The third-order valence-electron chi connectivity index (χ3n) is 4.70. The molecule has 3 nitrogen and oxygen atoms in total. The zero-order chi connectivity index (χ0) is 20.3. The van der Waals surface area contributed by atoms with E-state index in [1.54, 1.807) is 0 Å². The van der Waals surface area contributed by atoms with Gasteiger partial charge in [0.2, 0.25) is 0 Å². The summed E-state index contributed by atoms with van der Waals surface area (Å²) in [6, 6.07) is 0. The zero-order valence-corrected chi connectivity index (χ0v) is 17.5. The van der Waals surface area contributed by atoms with Crippen LogP contribution in [0.1, 0.15) is 53.9 Å². The molecule has 0 aliphatic heterocycles. The van der Waals surface area contributed by atoms with Gasteiger partial charge >= 0.3 is 6.16 Å². The minimum Gasteiger partial charge on any atom is -0.430 e. The van der Waals surface area contributed by atoms with Gasteiger partial charge in [-0.25, -0.2) is 4.79 Å². The van der Waals surface area contributed by atoms with Gasteiger partial charge in [0.25, 0.3) is 0 Å². The normalized spacial score (nSPS) is 18.3. The first-order valence-corrected chi connectivity index (χ1v) is 9.56. The van der Waals surface area contributed by atoms with Crippen molar-refractivity contribution in [1.82, 2.24) is 0 Å².